The van der Waals surface area contributed by atoms with Gasteiger partial charge in [-0.1, -0.05) is 18.2 Å². The van der Waals surface area contributed by atoms with Crippen LogP contribution in [0.2, 0.25) is 0 Å². The summed E-state index contributed by atoms with van der Waals surface area (Å²) < 4.78 is 44.4. The van der Waals surface area contributed by atoms with E-state index in [9.17, 15) is 22.8 Å². The van der Waals surface area contributed by atoms with E-state index >= 15 is 0 Å². The van der Waals surface area contributed by atoms with Gasteiger partial charge in [0.25, 0.3) is 0 Å². The van der Waals surface area contributed by atoms with E-state index in [1.165, 1.54) is 6.07 Å². The van der Waals surface area contributed by atoms with Crippen molar-refractivity contribution in [2.45, 2.75) is 57.5 Å². The minimum absolute atomic E-state index is 0.251. The first-order valence-electron chi connectivity index (χ1n) is 13.4. The van der Waals surface area contributed by atoms with Crippen LogP contribution >= 0.6 is 0 Å². The number of fused-ring (bicyclic) bond motifs is 1. The van der Waals surface area contributed by atoms with E-state index < -0.39 is 41.8 Å². The van der Waals surface area contributed by atoms with Crippen LogP contribution in [0.5, 0.6) is 0 Å². The molecule has 232 valence electrons. The van der Waals surface area contributed by atoms with Crippen molar-refractivity contribution in [1.82, 2.24) is 29.3 Å². The first-order valence-corrected chi connectivity index (χ1v) is 13.4. The van der Waals surface area contributed by atoms with Gasteiger partial charge in [0.15, 0.2) is 18.0 Å². The Hall–Kier alpha value is -4.89. The number of carbonyl (C=O) groups is 2. The van der Waals surface area contributed by atoms with Gasteiger partial charge in [0.1, 0.15) is 5.82 Å². The zero-order valence-electron chi connectivity index (χ0n) is 23.5. The number of alkyl halides is 3. The Kier molecular flexibility index (Phi) is 9.59. The van der Waals surface area contributed by atoms with Gasteiger partial charge in [-0.2, -0.15) is 18.3 Å². The van der Waals surface area contributed by atoms with Crippen LogP contribution in [-0.2, 0) is 22.3 Å². The van der Waals surface area contributed by atoms with E-state index in [1.54, 1.807) is 29.2 Å². The van der Waals surface area contributed by atoms with E-state index in [2.05, 4.69) is 20.1 Å². The van der Waals surface area contributed by atoms with Crippen LogP contribution in [0.3, 0.4) is 0 Å². The highest BCUT2D eigenvalue weighted by molar-refractivity contribution is 5.83. The van der Waals surface area contributed by atoms with Crippen molar-refractivity contribution < 1.29 is 43.2 Å². The molecule has 12 nitrogen and oxygen atoms in total. The summed E-state index contributed by atoms with van der Waals surface area (Å²) in [6.45, 7) is 4.50. The molecular formula is C29H29F3N6O6. The molecule has 1 aromatic carbocycles. The molecule has 0 saturated carbocycles. The lowest BCUT2D eigenvalue weighted by Crippen LogP contribution is -2.39. The summed E-state index contributed by atoms with van der Waals surface area (Å²) in [7, 11) is 0. The van der Waals surface area contributed by atoms with Gasteiger partial charge in [0.2, 0.25) is 0 Å². The van der Waals surface area contributed by atoms with Gasteiger partial charge < -0.3 is 25.0 Å². The number of benzene rings is 1. The van der Waals surface area contributed by atoms with Crippen molar-refractivity contribution in [3.05, 3.63) is 88.8 Å². The van der Waals surface area contributed by atoms with Crippen molar-refractivity contribution >= 4 is 24.1 Å². The Morgan fingerprint density at radius 2 is 1.68 bits per heavy atom. The smallest absolute Gasteiger partial charge is 0.416 e. The quantitative estimate of drug-likeness (QED) is 0.241. The van der Waals surface area contributed by atoms with Crippen LogP contribution in [0.4, 0.5) is 13.2 Å². The summed E-state index contributed by atoms with van der Waals surface area (Å²) in [6.07, 6.45) is -0.343. The Labute approximate surface area is 248 Å². The number of nitrogens with zero attached hydrogens (tertiary/aromatic N) is 6. The maximum atomic E-state index is 13.6. The van der Waals surface area contributed by atoms with Crippen molar-refractivity contribution in [2.75, 3.05) is 0 Å². The summed E-state index contributed by atoms with van der Waals surface area (Å²) in [5, 5.41) is 37.0. The molecule has 0 spiro atoms. The van der Waals surface area contributed by atoms with Gasteiger partial charge in [-0.3, -0.25) is 4.98 Å². The van der Waals surface area contributed by atoms with Gasteiger partial charge in [-0.15, -0.1) is 0 Å². The Bertz CT molecular complexity index is 1660. The molecule has 1 aliphatic heterocycles. The fourth-order valence-electron chi connectivity index (χ4n) is 4.72. The number of aromatic nitrogens is 6. The molecule has 4 aromatic rings. The number of halogens is 3. The van der Waals surface area contributed by atoms with Crippen LogP contribution in [0.1, 0.15) is 58.6 Å². The van der Waals surface area contributed by atoms with Crippen LogP contribution in [0.15, 0.2) is 48.9 Å². The molecule has 0 amide bonds. The van der Waals surface area contributed by atoms with Crippen molar-refractivity contribution in [2.24, 2.45) is 0 Å². The van der Waals surface area contributed by atoms with Crippen molar-refractivity contribution in [3.8, 4) is 5.69 Å². The summed E-state index contributed by atoms with van der Waals surface area (Å²) in [4.78, 5) is 33.0. The monoisotopic (exact) mass is 614 g/mol. The van der Waals surface area contributed by atoms with Gasteiger partial charge in [0, 0.05) is 18.7 Å². The van der Waals surface area contributed by atoms with Gasteiger partial charge in [-0.05, 0) is 62.6 Å². The largest absolute Gasteiger partial charge is 0.479 e. The molecule has 4 heterocycles. The molecule has 4 N–H and O–H groups in total. The Morgan fingerprint density at radius 1 is 1.00 bits per heavy atom. The van der Waals surface area contributed by atoms with E-state index in [0.717, 1.165) is 35.3 Å². The number of imidazole rings is 1. The minimum atomic E-state index is -4.41. The summed E-state index contributed by atoms with van der Waals surface area (Å²) >= 11 is 0. The standard InChI is InChI=1S/C25H23F3N6.C4H6O6/c1-16-14-33(15-29-16)22-11-9-18(30-17(22)2)10-12-23-31-24-20(7-5-13-34(24)32-23)19-6-3-4-8-21(19)25(26,27)28;5-1(3(7)8)2(6)4(9)10/h3-4,6,8-12,14-15,20H,5,7,13H2,1-2H3;1-2,5-6H,(H,7,8)(H,9,10)/b12-10+;/t20-;1-,2-/m00/s1. The molecular weight excluding hydrogens is 585 g/mol. The highest BCUT2D eigenvalue weighted by atomic mass is 19.4. The molecule has 44 heavy (non-hydrogen) atoms. The third-order valence-electron chi connectivity index (χ3n) is 6.81. The molecule has 1 aliphatic rings. The third-order valence-corrected chi connectivity index (χ3v) is 6.81. The number of hydrogen-bond acceptors (Lipinski definition) is 8. The normalized spacial score (nSPS) is 16.1. The molecule has 3 aromatic heterocycles. The van der Waals surface area contributed by atoms with Crippen LogP contribution in [0.25, 0.3) is 17.8 Å². The second-order valence-corrected chi connectivity index (χ2v) is 9.99. The number of aryl methyl sites for hydroxylation is 3. The molecule has 0 saturated heterocycles. The average Bonchev–Trinajstić information content (AvgIpc) is 3.60. The number of aliphatic hydroxyl groups excluding tert-OH is 2. The molecule has 0 radical (unpaired) electrons. The molecule has 0 bridgehead atoms. The SMILES string of the molecule is Cc1cn(-c2ccc(/C=C/c3nc4n(n3)CCC[C@H]4c3ccccc3C(F)(F)F)nc2C)cn1.O=C(O)[C@@H](O)[C@H](O)C(=O)O. The third kappa shape index (κ3) is 7.36. The predicted molar refractivity (Wildman–Crippen MR) is 150 cm³/mol. The molecule has 0 aliphatic carbocycles. The zero-order chi connectivity index (χ0) is 32.2. The lowest BCUT2D eigenvalue weighted by atomic mass is 9.88. The number of hydrogen-bond donors (Lipinski definition) is 4. The number of carboxylic acid groups (broad SMARTS) is 2. The minimum Gasteiger partial charge on any atom is -0.479 e. The number of pyridine rings is 1. The van der Waals surface area contributed by atoms with Gasteiger partial charge >= 0.3 is 18.1 Å². The highest BCUT2D eigenvalue weighted by Gasteiger charge is 2.37. The average molecular weight is 615 g/mol. The van der Waals surface area contributed by atoms with Crippen LogP contribution < -0.4 is 0 Å². The lowest BCUT2D eigenvalue weighted by molar-refractivity contribution is -0.165. The summed E-state index contributed by atoms with van der Waals surface area (Å²) in [5.41, 5.74) is 3.10. The second kappa shape index (κ2) is 13.2. The van der Waals surface area contributed by atoms with Crippen molar-refractivity contribution in [3.63, 3.8) is 0 Å². The first kappa shape index (κ1) is 32.0. The van der Waals surface area contributed by atoms with E-state index in [1.807, 2.05) is 42.8 Å². The maximum Gasteiger partial charge on any atom is 0.416 e. The van der Waals surface area contributed by atoms with Crippen molar-refractivity contribution in [1.29, 1.82) is 0 Å². The fourth-order valence-corrected chi connectivity index (χ4v) is 4.72. The fraction of sp³-hybridized carbons (Fsp3) is 0.310. The van der Waals surface area contributed by atoms with E-state index in [0.29, 0.717) is 24.6 Å². The maximum absolute atomic E-state index is 13.6. The highest BCUT2D eigenvalue weighted by Crippen LogP contribution is 2.40. The molecule has 0 unspecified atom stereocenters. The molecule has 0 fully saturated rings. The van der Waals surface area contributed by atoms with E-state index in [-0.39, 0.29) is 5.56 Å². The number of carboxylic acids is 2. The number of rotatable bonds is 7. The van der Waals surface area contributed by atoms with Gasteiger partial charge in [0.05, 0.1) is 34.7 Å². The lowest BCUT2D eigenvalue weighted by Gasteiger charge is -2.25. The molecule has 5 rings (SSSR count). The zero-order valence-corrected chi connectivity index (χ0v) is 23.5. The Morgan fingerprint density at radius 3 is 2.27 bits per heavy atom. The topological polar surface area (TPSA) is 176 Å². The summed E-state index contributed by atoms with van der Waals surface area (Å²) in [6, 6.07) is 9.61. The first-order chi connectivity index (χ1) is 20.8. The molecule has 3 atom stereocenters. The van der Waals surface area contributed by atoms with E-state index in [4.69, 9.17) is 20.4 Å². The summed E-state index contributed by atoms with van der Waals surface area (Å²) in [5.74, 6) is -2.96. The Balaban J connectivity index is 0.000000382. The molecule has 15 heteroatoms. The van der Waals surface area contributed by atoms with Crippen LogP contribution in [-0.4, -0.2) is 73.9 Å². The number of aliphatic hydroxyl groups is 2. The van der Waals surface area contributed by atoms with Crippen LogP contribution in [0, 0.1) is 13.8 Å². The predicted octanol–water partition coefficient (Wildman–Crippen LogP) is 3.47. The van der Waals surface area contributed by atoms with Gasteiger partial charge in [-0.25, -0.2) is 24.2 Å². The second-order valence-electron chi connectivity index (χ2n) is 9.99. The number of aliphatic carboxylic acids is 2.